The topological polar surface area (TPSA) is 111 Å². The maximum absolute atomic E-state index is 12.5. The number of amides is 2. The van der Waals surface area contributed by atoms with Crippen LogP contribution in [0.4, 0.5) is 11.4 Å². The highest BCUT2D eigenvalue weighted by molar-refractivity contribution is 7.92. The van der Waals surface area contributed by atoms with E-state index < -0.39 is 10.0 Å². The number of carbonyl (C=O) groups is 2. The molecule has 1 aromatic heterocycles. The molecule has 0 spiro atoms. The summed E-state index contributed by atoms with van der Waals surface area (Å²) in [5.41, 5.74) is 1.04. The maximum Gasteiger partial charge on any atom is 0.270 e. The molecule has 8 nitrogen and oxygen atoms in total. The quantitative estimate of drug-likeness (QED) is 0.741. The molecule has 138 valence electrons. The summed E-state index contributed by atoms with van der Waals surface area (Å²) in [6.07, 6.45) is 3.22. The lowest BCUT2D eigenvalue weighted by Crippen LogP contribution is -2.27. The van der Waals surface area contributed by atoms with Gasteiger partial charge in [0.2, 0.25) is 5.91 Å². The van der Waals surface area contributed by atoms with E-state index >= 15 is 0 Å². The number of carbonyl (C=O) groups excluding carboxylic acids is 2. The van der Waals surface area contributed by atoms with E-state index in [1.54, 1.807) is 23.1 Å². The van der Waals surface area contributed by atoms with Gasteiger partial charge in [0.15, 0.2) is 0 Å². The Balaban J connectivity index is 1.76. The summed E-state index contributed by atoms with van der Waals surface area (Å²) in [4.78, 5) is 27.9. The van der Waals surface area contributed by atoms with Gasteiger partial charge >= 0.3 is 0 Å². The van der Waals surface area contributed by atoms with Crippen LogP contribution in [0.3, 0.4) is 0 Å². The van der Waals surface area contributed by atoms with E-state index in [0.29, 0.717) is 24.5 Å². The number of H-pyrrole nitrogens is 1. The predicted octanol–water partition coefficient (Wildman–Crippen LogP) is 2.01. The normalized spacial score (nSPS) is 14.3. The first-order chi connectivity index (χ1) is 12.3. The summed E-state index contributed by atoms with van der Waals surface area (Å²) in [7, 11) is -3.86. The molecule has 0 unspecified atom stereocenters. The van der Waals surface area contributed by atoms with E-state index in [9.17, 15) is 18.0 Å². The van der Waals surface area contributed by atoms with Crippen molar-refractivity contribution in [3.05, 3.63) is 42.2 Å². The number of hydrogen-bond donors (Lipinski definition) is 3. The molecule has 1 aliphatic rings. The summed E-state index contributed by atoms with van der Waals surface area (Å²) in [5, 5.41) is 2.59. The molecule has 0 atom stereocenters. The number of aromatic nitrogens is 1. The number of sulfonamides is 1. The molecule has 1 aliphatic heterocycles. The molecular formula is C17H20N4O4S. The highest BCUT2D eigenvalue weighted by Gasteiger charge is 2.23. The minimum Gasteiger partial charge on any atom is -0.356 e. The molecule has 26 heavy (non-hydrogen) atoms. The number of benzene rings is 1. The molecule has 0 bridgehead atoms. The van der Waals surface area contributed by atoms with Crippen LogP contribution in [0.1, 0.15) is 30.3 Å². The molecule has 1 aromatic carbocycles. The van der Waals surface area contributed by atoms with Crippen molar-refractivity contribution in [1.29, 1.82) is 0 Å². The Hall–Kier alpha value is -2.81. The SMILES string of the molecule is CC(=O)Nc1cccc(NS(=O)(=O)c2c[nH]c(C(=O)N3CCCC3)c2)c1. The summed E-state index contributed by atoms with van der Waals surface area (Å²) in [5.74, 6) is -0.447. The van der Waals surface area contributed by atoms with Gasteiger partial charge in [0.25, 0.3) is 15.9 Å². The first kappa shape index (κ1) is 18.0. The standard InChI is InChI=1S/C17H20N4O4S/c1-12(22)19-13-5-4-6-14(9-13)20-26(24,25)15-10-16(18-11-15)17(23)21-7-2-3-8-21/h4-6,9-11,18,20H,2-3,7-8H2,1H3,(H,19,22). The summed E-state index contributed by atoms with van der Waals surface area (Å²) in [6.45, 7) is 2.75. The van der Waals surface area contributed by atoms with Gasteiger partial charge in [-0.25, -0.2) is 8.42 Å². The first-order valence-electron chi connectivity index (χ1n) is 8.23. The van der Waals surface area contributed by atoms with Crippen molar-refractivity contribution in [2.45, 2.75) is 24.7 Å². The summed E-state index contributed by atoms with van der Waals surface area (Å²) >= 11 is 0. The third-order valence-electron chi connectivity index (χ3n) is 4.03. The van der Waals surface area contributed by atoms with Crippen LogP contribution in [0.2, 0.25) is 0 Å². The number of aromatic amines is 1. The summed E-state index contributed by atoms with van der Waals surface area (Å²) < 4.78 is 27.5. The van der Waals surface area contributed by atoms with Crippen LogP contribution < -0.4 is 10.0 Å². The van der Waals surface area contributed by atoms with Crippen molar-refractivity contribution in [1.82, 2.24) is 9.88 Å². The highest BCUT2D eigenvalue weighted by atomic mass is 32.2. The monoisotopic (exact) mass is 376 g/mol. The van der Waals surface area contributed by atoms with Crippen LogP contribution in [0, 0.1) is 0 Å². The second-order valence-corrected chi connectivity index (χ2v) is 7.80. The fraction of sp³-hybridized carbons (Fsp3) is 0.294. The minimum absolute atomic E-state index is 0.0232. The lowest BCUT2D eigenvalue weighted by Gasteiger charge is -2.13. The average Bonchev–Trinajstić information content (AvgIpc) is 3.26. The highest BCUT2D eigenvalue weighted by Crippen LogP contribution is 2.21. The van der Waals surface area contributed by atoms with Gasteiger partial charge in [-0.15, -0.1) is 0 Å². The molecular weight excluding hydrogens is 356 g/mol. The Bertz CT molecular complexity index is 930. The average molecular weight is 376 g/mol. The van der Waals surface area contributed by atoms with E-state index in [0.717, 1.165) is 12.8 Å². The molecule has 3 N–H and O–H groups in total. The van der Waals surface area contributed by atoms with E-state index in [4.69, 9.17) is 0 Å². The van der Waals surface area contributed by atoms with Crippen molar-refractivity contribution < 1.29 is 18.0 Å². The smallest absolute Gasteiger partial charge is 0.270 e. The molecule has 1 fully saturated rings. The number of nitrogens with one attached hydrogen (secondary N) is 3. The van der Waals surface area contributed by atoms with Gasteiger partial charge in [-0.05, 0) is 37.1 Å². The molecule has 0 saturated carbocycles. The molecule has 0 radical (unpaired) electrons. The van der Waals surface area contributed by atoms with E-state index in [-0.39, 0.29) is 22.4 Å². The second-order valence-electron chi connectivity index (χ2n) is 6.12. The Morgan fingerprint density at radius 3 is 2.50 bits per heavy atom. The zero-order valence-corrected chi connectivity index (χ0v) is 15.1. The van der Waals surface area contributed by atoms with Gasteiger partial charge in [-0.3, -0.25) is 14.3 Å². The molecule has 2 amide bonds. The van der Waals surface area contributed by atoms with Crippen LogP contribution in [-0.2, 0) is 14.8 Å². The van der Waals surface area contributed by atoms with E-state index in [2.05, 4.69) is 15.0 Å². The third-order valence-corrected chi connectivity index (χ3v) is 5.39. The van der Waals surface area contributed by atoms with Gasteiger partial charge in [0.05, 0.1) is 5.69 Å². The lowest BCUT2D eigenvalue weighted by molar-refractivity contribution is -0.114. The Labute approximate surface area is 151 Å². The predicted molar refractivity (Wildman–Crippen MR) is 97.5 cm³/mol. The van der Waals surface area contributed by atoms with Gasteiger partial charge in [0, 0.05) is 31.9 Å². The molecule has 3 rings (SSSR count). The first-order valence-corrected chi connectivity index (χ1v) is 9.72. The van der Waals surface area contributed by atoms with Crippen LogP contribution in [0.15, 0.2) is 41.4 Å². The fourth-order valence-electron chi connectivity index (χ4n) is 2.82. The molecule has 2 heterocycles. The fourth-order valence-corrected chi connectivity index (χ4v) is 3.86. The Morgan fingerprint density at radius 2 is 1.81 bits per heavy atom. The molecule has 0 aliphatic carbocycles. The van der Waals surface area contributed by atoms with Crippen molar-refractivity contribution in [3.63, 3.8) is 0 Å². The Kier molecular flexibility index (Phi) is 4.99. The largest absolute Gasteiger partial charge is 0.356 e. The number of hydrogen-bond acceptors (Lipinski definition) is 4. The van der Waals surface area contributed by atoms with Gasteiger partial charge in [-0.2, -0.15) is 0 Å². The van der Waals surface area contributed by atoms with Crippen molar-refractivity contribution in [2.75, 3.05) is 23.1 Å². The lowest BCUT2D eigenvalue weighted by atomic mass is 10.3. The molecule has 2 aromatic rings. The third kappa shape index (κ3) is 4.05. The zero-order valence-electron chi connectivity index (χ0n) is 14.3. The Morgan fingerprint density at radius 1 is 1.12 bits per heavy atom. The second kappa shape index (κ2) is 7.20. The van der Waals surface area contributed by atoms with Crippen molar-refractivity contribution in [3.8, 4) is 0 Å². The molecule has 1 saturated heterocycles. The number of likely N-dealkylation sites (tertiary alicyclic amines) is 1. The number of anilines is 2. The van der Waals surface area contributed by atoms with Crippen LogP contribution in [-0.4, -0.2) is 43.2 Å². The van der Waals surface area contributed by atoms with Crippen molar-refractivity contribution >= 4 is 33.2 Å². The summed E-state index contributed by atoms with van der Waals surface area (Å²) in [6, 6.07) is 7.71. The van der Waals surface area contributed by atoms with Gasteiger partial charge in [0.1, 0.15) is 10.6 Å². The number of nitrogens with zero attached hydrogens (tertiary/aromatic N) is 1. The maximum atomic E-state index is 12.5. The van der Waals surface area contributed by atoms with E-state index in [1.165, 1.54) is 25.3 Å². The van der Waals surface area contributed by atoms with Gasteiger partial charge in [-0.1, -0.05) is 6.07 Å². The zero-order chi connectivity index (χ0) is 18.7. The van der Waals surface area contributed by atoms with Crippen LogP contribution in [0.5, 0.6) is 0 Å². The van der Waals surface area contributed by atoms with Crippen molar-refractivity contribution in [2.24, 2.45) is 0 Å². The molecule has 9 heteroatoms. The van der Waals surface area contributed by atoms with Crippen LogP contribution >= 0.6 is 0 Å². The van der Waals surface area contributed by atoms with E-state index in [1.807, 2.05) is 0 Å². The van der Waals surface area contributed by atoms with Crippen LogP contribution in [0.25, 0.3) is 0 Å². The van der Waals surface area contributed by atoms with Gasteiger partial charge < -0.3 is 15.2 Å². The minimum atomic E-state index is -3.86. The number of rotatable bonds is 5.